The van der Waals surface area contributed by atoms with Gasteiger partial charge in [0.1, 0.15) is 5.92 Å². The molecule has 6 nitrogen and oxygen atoms in total. The van der Waals surface area contributed by atoms with E-state index in [2.05, 4.69) is 5.32 Å². The van der Waals surface area contributed by atoms with Gasteiger partial charge in [0.2, 0.25) is 11.8 Å². The van der Waals surface area contributed by atoms with Crippen molar-refractivity contribution >= 4 is 40.7 Å². The number of aromatic hydroxyl groups is 1. The van der Waals surface area contributed by atoms with Gasteiger partial charge < -0.3 is 20.1 Å². The highest BCUT2D eigenvalue weighted by Gasteiger charge is 2.37. The van der Waals surface area contributed by atoms with Crippen LogP contribution in [0.4, 0.5) is 5.69 Å². The van der Waals surface area contributed by atoms with E-state index in [9.17, 15) is 14.7 Å². The molecule has 0 saturated carbocycles. The van der Waals surface area contributed by atoms with E-state index in [0.717, 1.165) is 5.56 Å². The molecule has 2 amide bonds. The molecule has 142 valence electrons. The molecule has 1 fully saturated rings. The third-order valence-corrected chi connectivity index (χ3v) is 5.19. The minimum Gasteiger partial charge on any atom is -0.504 e. The maximum absolute atomic E-state index is 12.6. The normalized spacial score (nSPS) is 16.5. The van der Waals surface area contributed by atoms with Crippen molar-refractivity contribution in [3.05, 3.63) is 52.0 Å². The van der Waals surface area contributed by atoms with E-state index < -0.39 is 5.92 Å². The zero-order chi connectivity index (χ0) is 19.6. The van der Waals surface area contributed by atoms with Gasteiger partial charge in [0.15, 0.2) is 11.5 Å². The average molecular weight is 409 g/mol. The van der Waals surface area contributed by atoms with Crippen molar-refractivity contribution in [1.82, 2.24) is 5.32 Å². The van der Waals surface area contributed by atoms with Crippen molar-refractivity contribution in [2.45, 2.75) is 13.0 Å². The summed E-state index contributed by atoms with van der Waals surface area (Å²) in [6, 6.07) is 9.75. The summed E-state index contributed by atoms with van der Waals surface area (Å²) in [5, 5.41) is 13.1. The summed E-state index contributed by atoms with van der Waals surface area (Å²) >= 11 is 11.9. The molecule has 0 spiro atoms. The molecule has 1 aliphatic heterocycles. The lowest BCUT2D eigenvalue weighted by Crippen LogP contribution is -2.36. The fourth-order valence-corrected chi connectivity index (χ4v) is 3.27. The zero-order valence-corrected chi connectivity index (χ0v) is 16.0. The summed E-state index contributed by atoms with van der Waals surface area (Å²) in [7, 11) is 1.45. The topological polar surface area (TPSA) is 78.9 Å². The predicted molar refractivity (Wildman–Crippen MR) is 103 cm³/mol. The van der Waals surface area contributed by atoms with Crippen LogP contribution >= 0.6 is 23.2 Å². The second-order valence-corrected chi connectivity index (χ2v) is 6.97. The Morgan fingerprint density at radius 1 is 1.26 bits per heavy atom. The Hall–Kier alpha value is -2.44. The van der Waals surface area contributed by atoms with Gasteiger partial charge in [0.05, 0.1) is 17.2 Å². The smallest absolute Gasteiger partial charge is 0.239 e. The van der Waals surface area contributed by atoms with Gasteiger partial charge in [-0.2, -0.15) is 0 Å². The summed E-state index contributed by atoms with van der Waals surface area (Å²) < 4.78 is 5.05. The molecule has 0 radical (unpaired) electrons. The van der Waals surface area contributed by atoms with Crippen LogP contribution in [0.5, 0.6) is 11.5 Å². The summed E-state index contributed by atoms with van der Waals surface area (Å²) in [5.74, 6) is -1.01. The summed E-state index contributed by atoms with van der Waals surface area (Å²) in [4.78, 5) is 26.6. The van der Waals surface area contributed by atoms with Gasteiger partial charge in [-0.25, -0.2) is 0 Å². The number of amides is 2. The van der Waals surface area contributed by atoms with Crippen molar-refractivity contribution in [1.29, 1.82) is 0 Å². The van der Waals surface area contributed by atoms with Gasteiger partial charge >= 0.3 is 0 Å². The van der Waals surface area contributed by atoms with Crippen LogP contribution in [0, 0.1) is 5.92 Å². The van der Waals surface area contributed by atoms with Crippen molar-refractivity contribution in [3.8, 4) is 11.5 Å². The molecule has 0 aromatic heterocycles. The fraction of sp³-hybridized carbons (Fsp3) is 0.263. The van der Waals surface area contributed by atoms with Gasteiger partial charge in [0.25, 0.3) is 0 Å². The van der Waals surface area contributed by atoms with E-state index in [4.69, 9.17) is 27.9 Å². The van der Waals surface area contributed by atoms with Gasteiger partial charge in [-0.05, 0) is 42.3 Å². The lowest BCUT2D eigenvalue weighted by atomic mass is 10.1. The lowest BCUT2D eigenvalue weighted by Gasteiger charge is -2.17. The van der Waals surface area contributed by atoms with E-state index in [1.165, 1.54) is 18.1 Å². The first kappa shape index (κ1) is 19.3. The van der Waals surface area contributed by atoms with Gasteiger partial charge in [-0.3, -0.25) is 9.59 Å². The number of halogens is 2. The highest BCUT2D eigenvalue weighted by molar-refractivity contribution is 6.42. The second kappa shape index (κ2) is 8.06. The largest absolute Gasteiger partial charge is 0.504 e. The molecule has 0 aliphatic carbocycles. The number of hydrogen-bond donors (Lipinski definition) is 2. The summed E-state index contributed by atoms with van der Waals surface area (Å²) in [6.07, 6.45) is 0.420. The zero-order valence-electron chi connectivity index (χ0n) is 14.5. The van der Waals surface area contributed by atoms with Crippen molar-refractivity contribution in [2.24, 2.45) is 5.92 Å². The number of anilines is 1. The highest BCUT2D eigenvalue weighted by Crippen LogP contribution is 2.31. The molecule has 2 aromatic rings. The van der Waals surface area contributed by atoms with Crippen LogP contribution < -0.4 is 15.0 Å². The highest BCUT2D eigenvalue weighted by atomic mass is 35.5. The third kappa shape index (κ3) is 4.12. The molecular formula is C19H18Cl2N2O4. The molecule has 1 heterocycles. The Kier molecular flexibility index (Phi) is 5.77. The number of benzene rings is 2. The van der Waals surface area contributed by atoms with Crippen molar-refractivity contribution in [2.75, 3.05) is 18.6 Å². The maximum atomic E-state index is 12.6. The quantitative estimate of drug-likeness (QED) is 0.743. The molecule has 3 rings (SSSR count). The number of ether oxygens (including phenoxy) is 1. The van der Waals surface area contributed by atoms with E-state index in [1.54, 1.807) is 30.3 Å². The van der Waals surface area contributed by atoms with Gasteiger partial charge in [-0.15, -0.1) is 0 Å². The van der Waals surface area contributed by atoms with Crippen LogP contribution in [0.3, 0.4) is 0 Å². The minimum atomic E-state index is -0.751. The van der Waals surface area contributed by atoms with E-state index in [0.29, 0.717) is 34.4 Å². The minimum absolute atomic E-state index is 0.0239. The first-order valence-corrected chi connectivity index (χ1v) is 9.06. The van der Waals surface area contributed by atoms with E-state index in [-0.39, 0.29) is 24.1 Å². The van der Waals surface area contributed by atoms with Gasteiger partial charge in [0, 0.05) is 18.8 Å². The Labute approximate surface area is 166 Å². The first-order valence-electron chi connectivity index (χ1n) is 8.30. The third-order valence-electron chi connectivity index (χ3n) is 4.45. The van der Waals surface area contributed by atoms with Crippen molar-refractivity contribution < 1.29 is 19.4 Å². The van der Waals surface area contributed by atoms with E-state index >= 15 is 0 Å². The maximum Gasteiger partial charge on any atom is 0.239 e. The molecular weight excluding hydrogens is 391 g/mol. The number of methoxy groups -OCH3 is 1. The summed E-state index contributed by atoms with van der Waals surface area (Å²) in [5.41, 5.74) is 1.37. The Bertz CT molecular complexity index is 888. The monoisotopic (exact) mass is 408 g/mol. The lowest BCUT2D eigenvalue weighted by molar-refractivity contribution is -0.132. The van der Waals surface area contributed by atoms with E-state index in [1.807, 2.05) is 0 Å². The molecule has 1 atom stereocenters. The number of carbonyl (C=O) groups excluding carboxylic acids is 2. The Balaban J connectivity index is 1.64. The van der Waals surface area contributed by atoms with Crippen LogP contribution in [0.15, 0.2) is 36.4 Å². The molecule has 2 aromatic carbocycles. The number of phenolic OH excluding ortho intramolecular Hbond substituents is 1. The number of nitrogens with one attached hydrogen (secondary N) is 1. The van der Waals surface area contributed by atoms with Crippen LogP contribution in [0.25, 0.3) is 0 Å². The van der Waals surface area contributed by atoms with Gasteiger partial charge in [-0.1, -0.05) is 29.3 Å². The molecule has 1 unspecified atom stereocenters. The molecule has 1 aliphatic rings. The molecule has 27 heavy (non-hydrogen) atoms. The molecule has 1 saturated heterocycles. The number of nitrogens with zero attached hydrogens (tertiary/aromatic N) is 1. The second-order valence-electron chi connectivity index (χ2n) is 6.15. The number of carbonyl (C=O) groups is 2. The number of phenols is 1. The SMILES string of the molecule is COc1cc(CNC(=O)C2CCN(c3ccc(Cl)c(Cl)c3)C2=O)ccc1O. The summed E-state index contributed by atoms with van der Waals surface area (Å²) in [6.45, 7) is 0.661. The van der Waals surface area contributed by atoms with Crippen molar-refractivity contribution in [3.63, 3.8) is 0 Å². The van der Waals surface area contributed by atoms with Crippen LogP contribution in [-0.4, -0.2) is 30.6 Å². The molecule has 0 bridgehead atoms. The Morgan fingerprint density at radius 3 is 2.74 bits per heavy atom. The standard InChI is InChI=1S/C19H18Cl2N2O4/c1-27-17-8-11(2-5-16(17)24)10-22-18(25)13-6-7-23(19(13)26)12-3-4-14(20)15(21)9-12/h2-5,8-9,13,24H,6-7,10H2,1H3,(H,22,25). The molecule has 8 heteroatoms. The number of hydrogen-bond acceptors (Lipinski definition) is 4. The Morgan fingerprint density at radius 2 is 2.04 bits per heavy atom. The molecule has 2 N–H and O–H groups in total. The predicted octanol–water partition coefficient (Wildman–Crippen LogP) is 3.38. The fourth-order valence-electron chi connectivity index (χ4n) is 2.98. The first-order chi connectivity index (χ1) is 12.9. The van der Waals surface area contributed by atoms with Crippen LogP contribution in [0.1, 0.15) is 12.0 Å². The average Bonchev–Trinajstić information content (AvgIpc) is 3.04. The number of rotatable bonds is 5. The van der Waals surface area contributed by atoms with Crippen LogP contribution in [-0.2, 0) is 16.1 Å². The van der Waals surface area contributed by atoms with Crippen LogP contribution in [0.2, 0.25) is 10.0 Å².